The highest BCUT2D eigenvalue weighted by Crippen LogP contribution is 2.38. The summed E-state index contributed by atoms with van der Waals surface area (Å²) in [7, 11) is -2.02. The van der Waals surface area contributed by atoms with Gasteiger partial charge in [-0.15, -0.1) is 0 Å². The molecule has 3 N–H and O–H groups in total. The van der Waals surface area contributed by atoms with E-state index in [1.807, 2.05) is 0 Å². The van der Waals surface area contributed by atoms with E-state index in [9.17, 15) is 9.90 Å². The fourth-order valence-electron chi connectivity index (χ4n) is 3.22. The second-order valence-electron chi connectivity index (χ2n) is 8.85. The van der Waals surface area contributed by atoms with Gasteiger partial charge in [-0.1, -0.05) is 32.4 Å². The van der Waals surface area contributed by atoms with Crippen LogP contribution in [-0.2, 0) is 4.43 Å². The van der Waals surface area contributed by atoms with Crippen LogP contribution < -0.4 is 5.32 Å². The normalized spacial score (nSPS) is 21.1. The van der Waals surface area contributed by atoms with E-state index < -0.39 is 14.4 Å². The number of carbonyl (C=O) groups is 1. The average Bonchev–Trinajstić information content (AvgIpc) is 2.95. The lowest BCUT2D eigenvalue weighted by atomic mass is 10.0. The van der Waals surface area contributed by atoms with Crippen molar-refractivity contribution in [2.45, 2.75) is 57.5 Å². The Hall–Kier alpha value is -1.84. The lowest BCUT2D eigenvalue weighted by Crippen LogP contribution is -2.55. The van der Waals surface area contributed by atoms with E-state index in [0.29, 0.717) is 41.4 Å². The average molecular weight is 426 g/mol. The number of aromatic amines is 1. The van der Waals surface area contributed by atoms with E-state index in [1.165, 1.54) is 11.2 Å². The smallest absolute Gasteiger partial charge is 0.407 e. The van der Waals surface area contributed by atoms with Gasteiger partial charge in [-0.05, 0) is 24.6 Å². The van der Waals surface area contributed by atoms with Gasteiger partial charge < -0.3 is 24.7 Å². The SMILES string of the molecule is CC(C)(C)[Si](C)(C)OC1CC(Nc2ncnc3[nH]cc(Cl)c23)CN(C(=O)O)C1. The third-order valence-electron chi connectivity index (χ3n) is 5.71. The van der Waals surface area contributed by atoms with Crippen molar-refractivity contribution in [2.75, 3.05) is 18.4 Å². The van der Waals surface area contributed by atoms with E-state index in [0.717, 1.165) is 0 Å². The Morgan fingerprint density at radius 2 is 2.11 bits per heavy atom. The number of halogens is 1. The molecule has 10 heteroatoms. The van der Waals surface area contributed by atoms with Crippen molar-refractivity contribution in [1.29, 1.82) is 0 Å². The number of nitrogens with one attached hydrogen (secondary N) is 2. The Morgan fingerprint density at radius 1 is 1.39 bits per heavy atom. The lowest BCUT2D eigenvalue weighted by molar-refractivity contribution is 0.0665. The highest BCUT2D eigenvalue weighted by Gasteiger charge is 2.41. The molecule has 8 nitrogen and oxygen atoms in total. The molecule has 1 aliphatic heterocycles. The highest BCUT2D eigenvalue weighted by molar-refractivity contribution is 6.74. The lowest BCUT2D eigenvalue weighted by Gasteiger charge is -2.43. The monoisotopic (exact) mass is 425 g/mol. The van der Waals surface area contributed by atoms with Crippen LogP contribution in [0.15, 0.2) is 12.5 Å². The number of aromatic nitrogens is 3. The zero-order valence-corrected chi connectivity index (χ0v) is 18.7. The maximum Gasteiger partial charge on any atom is 0.407 e. The number of fused-ring (bicyclic) bond motifs is 1. The molecule has 1 saturated heterocycles. The van der Waals surface area contributed by atoms with Gasteiger partial charge in [0.05, 0.1) is 16.5 Å². The Labute approximate surface area is 170 Å². The topological polar surface area (TPSA) is 103 Å². The molecule has 3 rings (SSSR count). The minimum Gasteiger partial charge on any atom is -0.465 e. The van der Waals surface area contributed by atoms with Gasteiger partial charge in [0.15, 0.2) is 8.32 Å². The fourth-order valence-corrected chi connectivity index (χ4v) is 4.81. The molecular formula is C18H28ClN5O3Si. The van der Waals surface area contributed by atoms with Crippen LogP contribution in [0.2, 0.25) is 23.2 Å². The highest BCUT2D eigenvalue weighted by atomic mass is 35.5. The number of anilines is 1. The van der Waals surface area contributed by atoms with Crippen LogP contribution in [-0.4, -0.2) is 64.6 Å². The van der Waals surface area contributed by atoms with E-state index in [1.54, 1.807) is 6.20 Å². The van der Waals surface area contributed by atoms with Crippen molar-refractivity contribution in [3.63, 3.8) is 0 Å². The third-order valence-corrected chi connectivity index (χ3v) is 10.5. The van der Waals surface area contributed by atoms with E-state index >= 15 is 0 Å². The third kappa shape index (κ3) is 4.26. The van der Waals surface area contributed by atoms with Crippen molar-refractivity contribution >= 4 is 42.9 Å². The molecule has 1 amide bonds. The molecule has 2 unspecified atom stereocenters. The van der Waals surface area contributed by atoms with Crippen LogP contribution in [0.5, 0.6) is 0 Å². The van der Waals surface area contributed by atoms with Gasteiger partial charge >= 0.3 is 6.09 Å². The molecule has 3 heterocycles. The number of rotatable bonds is 4. The molecule has 1 fully saturated rings. The Bertz CT molecular complexity index is 867. The van der Waals surface area contributed by atoms with Crippen LogP contribution >= 0.6 is 11.6 Å². The zero-order chi connectivity index (χ0) is 20.7. The van der Waals surface area contributed by atoms with Gasteiger partial charge in [-0.3, -0.25) is 0 Å². The second kappa shape index (κ2) is 7.53. The fraction of sp³-hybridized carbons (Fsp3) is 0.611. The number of nitrogens with zero attached hydrogens (tertiary/aromatic N) is 3. The van der Waals surface area contributed by atoms with E-state index in [2.05, 4.69) is 54.1 Å². The molecule has 0 aromatic carbocycles. The van der Waals surface area contributed by atoms with Crippen molar-refractivity contribution in [1.82, 2.24) is 19.9 Å². The Kier molecular flexibility index (Phi) is 5.61. The van der Waals surface area contributed by atoms with Gasteiger partial charge in [0, 0.05) is 25.3 Å². The second-order valence-corrected chi connectivity index (χ2v) is 14.0. The van der Waals surface area contributed by atoms with E-state index in [4.69, 9.17) is 16.0 Å². The van der Waals surface area contributed by atoms with Gasteiger partial charge in [-0.2, -0.15) is 0 Å². The Morgan fingerprint density at radius 3 is 2.75 bits per heavy atom. The minimum atomic E-state index is -2.02. The summed E-state index contributed by atoms with van der Waals surface area (Å²) in [6, 6.07) is -0.135. The first kappa shape index (κ1) is 20.9. The van der Waals surface area contributed by atoms with Crippen molar-refractivity contribution in [3.05, 3.63) is 17.5 Å². The number of hydrogen-bond acceptors (Lipinski definition) is 5. The molecule has 2 aromatic heterocycles. The number of piperidine rings is 1. The summed E-state index contributed by atoms with van der Waals surface area (Å²) in [6.07, 6.45) is 2.72. The summed E-state index contributed by atoms with van der Waals surface area (Å²) >= 11 is 6.27. The van der Waals surface area contributed by atoms with Gasteiger partial charge in [0.2, 0.25) is 0 Å². The molecule has 0 saturated carbocycles. The molecule has 2 aromatic rings. The molecule has 0 spiro atoms. The van der Waals surface area contributed by atoms with Crippen LogP contribution in [0.1, 0.15) is 27.2 Å². The standard InChI is InChI=1S/C18H28ClN5O3Si/c1-18(2,3)28(4,5)27-12-6-11(8-24(9-12)17(25)26)23-16-14-13(19)7-20-15(14)21-10-22-16/h7,10-12H,6,8-9H2,1-5H3,(H,25,26)(H2,20,21,22,23). The molecule has 0 bridgehead atoms. The summed E-state index contributed by atoms with van der Waals surface area (Å²) in [5.74, 6) is 0.597. The largest absolute Gasteiger partial charge is 0.465 e. The van der Waals surface area contributed by atoms with Crippen LogP contribution in [0.4, 0.5) is 10.6 Å². The predicted octanol–water partition coefficient (Wildman–Crippen LogP) is 4.17. The molecule has 154 valence electrons. The molecule has 2 atom stereocenters. The molecule has 1 aliphatic rings. The Balaban J connectivity index is 1.82. The zero-order valence-electron chi connectivity index (χ0n) is 16.9. The van der Waals surface area contributed by atoms with Crippen molar-refractivity contribution in [3.8, 4) is 0 Å². The number of amides is 1. The summed E-state index contributed by atoms with van der Waals surface area (Å²) in [4.78, 5) is 24.6. The van der Waals surface area contributed by atoms with Crippen LogP contribution in [0, 0.1) is 0 Å². The molecule has 0 radical (unpaired) electrons. The summed E-state index contributed by atoms with van der Waals surface area (Å²) in [6.45, 7) is 11.6. The van der Waals surface area contributed by atoms with Crippen molar-refractivity contribution < 1.29 is 14.3 Å². The van der Waals surface area contributed by atoms with Crippen LogP contribution in [0.25, 0.3) is 11.0 Å². The summed E-state index contributed by atoms with van der Waals surface area (Å²) in [5.41, 5.74) is 0.641. The van der Waals surface area contributed by atoms with E-state index in [-0.39, 0.29) is 17.2 Å². The van der Waals surface area contributed by atoms with Crippen molar-refractivity contribution in [2.24, 2.45) is 0 Å². The molecular weight excluding hydrogens is 398 g/mol. The maximum atomic E-state index is 11.7. The number of likely N-dealkylation sites (tertiary alicyclic amines) is 1. The molecule has 0 aliphatic carbocycles. The minimum absolute atomic E-state index is 0.0545. The van der Waals surface area contributed by atoms with Gasteiger partial charge in [0.25, 0.3) is 0 Å². The first-order chi connectivity index (χ1) is 13.0. The van der Waals surface area contributed by atoms with Crippen LogP contribution in [0.3, 0.4) is 0 Å². The maximum absolute atomic E-state index is 11.7. The predicted molar refractivity (Wildman–Crippen MR) is 113 cm³/mol. The molecule has 28 heavy (non-hydrogen) atoms. The van der Waals surface area contributed by atoms with Gasteiger partial charge in [-0.25, -0.2) is 14.8 Å². The first-order valence-corrected chi connectivity index (χ1v) is 12.7. The van der Waals surface area contributed by atoms with Gasteiger partial charge in [0.1, 0.15) is 17.8 Å². The first-order valence-electron chi connectivity index (χ1n) is 9.38. The number of hydrogen-bond donors (Lipinski definition) is 3. The summed E-state index contributed by atoms with van der Waals surface area (Å²) < 4.78 is 6.52. The number of carboxylic acid groups (broad SMARTS) is 1. The quantitative estimate of drug-likeness (QED) is 0.635. The summed E-state index contributed by atoms with van der Waals surface area (Å²) in [5, 5.41) is 14.2. The number of H-pyrrole nitrogens is 1.